The maximum absolute atomic E-state index is 5.65. The molecule has 0 aliphatic carbocycles. The average molecular weight is 264 g/mol. The lowest BCUT2D eigenvalue weighted by Crippen LogP contribution is -1.95. The van der Waals surface area contributed by atoms with Gasteiger partial charge in [0.1, 0.15) is 12.4 Å². The Balaban J connectivity index is 1.86. The lowest BCUT2D eigenvalue weighted by atomic mass is 10.1. The van der Waals surface area contributed by atoms with Crippen molar-refractivity contribution in [2.75, 3.05) is 19.5 Å². The van der Waals surface area contributed by atoms with Gasteiger partial charge in [0.25, 0.3) is 0 Å². The van der Waals surface area contributed by atoms with Gasteiger partial charge in [-0.2, -0.15) is 0 Å². The molecule has 0 bridgehead atoms. The molecule has 0 saturated heterocycles. The van der Waals surface area contributed by atoms with Crippen molar-refractivity contribution in [3.63, 3.8) is 0 Å². The summed E-state index contributed by atoms with van der Waals surface area (Å²) in [6.07, 6.45) is 2.66. The number of anilines is 1. The maximum Gasteiger partial charge on any atom is 0.180 e. The van der Waals surface area contributed by atoms with Crippen LogP contribution in [0.3, 0.4) is 0 Å². The number of nitrogens with two attached hydrogens (primary N) is 1. The van der Waals surface area contributed by atoms with E-state index in [0.29, 0.717) is 11.7 Å². The van der Waals surface area contributed by atoms with Gasteiger partial charge >= 0.3 is 0 Å². The molecule has 0 unspecified atom stereocenters. The van der Waals surface area contributed by atoms with Gasteiger partial charge in [-0.25, -0.2) is 4.98 Å². The van der Waals surface area contributed by atoms with Gasteiger partial charge in [-0.3, -0.25) is 0 Å². The van der Waals surface area contributed by atoms with Crippen molar-refractivity contribution in [1.29, 1.82) is 0 Å². The van der Waals surface area contributed by atoms with E-state index in [1.54, 1.807) is 13.3 Å². The fourth-order valence-electron chi connectivity index (χ4n) is 1.52. The van der Waals surface area contributed by atoms with E-state index in [-0.39, 0.29) is 0 Å². The summed E-state index contributed by atoms with van der Waals surface area (Å²) in [6, 6.07) is 8.04. The quantitative estimate of drug-likeness (QED) is 0.871. The lowest BCUT2D eigenvalue weighted by Gasteiger charge is -2.05. The second-order valence-electron chi connectivity index (χ2n) is 3.84. The Morgan fingerprint density at radius 3 is 2.67 bits per heavy atom. The van der Waals surface area contributed by atoms with Crippen LogP contribution in [0.1, 0.15) is 10.4 Å². The third-order valence-electron chi connectivity index (χ3n) is 2.47. The van der Waals surface area contributed by atoms with E-state index >= 15 is 0 Å². The van der Waals surface area contributed by atoms with Crippen LogP contribution in [0.2, 0.25) is 0 Å². The first kappa shape index (κ1) is 12.9. The third kappa shape index (κ3) is 3.72. The highest BCUT2D eigenvalue weighted by Crippen LogP contribution is 2.18. The standard InChI is InChI=1S/C13H16N2O2S/c1-16-7-6-10-2-4-11(5-3-10)17-9-12-8-15-13(14)18-12/h2-5,8H,6-7,9H2,1H3,(H2,14,15). The average Bonchev–Trinajstić information content (AvgIpc) is 2.81. The van der Waals surface area contributed by atoms with Crippen LogP contribution in [0.15, 0.2) is 30.5 Å². The topological polar surface area (TPSA) is 57.4 Å². The van der Waals surface area contributed by atoms with Gasteiger partial charge in [-0.05, 0) is 24.1 Å². The fourth-order valence-corrected chi connectivity index (χ4v) is 2.11. The second kappa shape index (κ2) is 6.37. The second-order valence-corrected chi connectivity index (χ2v) is 4.99. The van der Waals surface area contributed by atoms with Crippen LogP contribution in [-0.4, -0.2) is 18.7 Å². The minimum absolute atomic E-state index is 0.506. The smallest absolute Gasteiger partial charge is 0.180 e. The molecule has 0 fully saturated rings. The molecule has 0 amide bonds. The minimum atomic E-state index is 0.506. The Morgan fingerprint density at radius 2 is 2.06 bits per heavy atom. The summed E-state index contributed by atoms with van der Waals surface area (Å²) in [7, 11) is 1.71. The third-order valence-corrected chi connectivity index (χ3v) is 3.27. The van der Waals surface area contributed by atoms with Crippen molar-refractivity contribution in [3.05, 3.63) is 40.9 Å². The molecule has 4 nitrogen and oxygen atoms in total. The molecular formula is C13H16N2O2S. The number of nitrogens with zero attached hydrogens (tertiary/aromatic N) is 1. The van der Waals surface area contributed by atoms with Crippen LogP contribution in [0.25, 0.3) is 0 Å². The van der Waals surface area contributed by atoms with E-state index in [1.807, 2.05) is 12.1 Å². The van der Waals surface area contributed by atoms with Crippen molar-refractivity contribution >= 4 is 16.5 Å². The Bertz CT molecular complexity index is 482. The number of benzene rings is 1. The van der Waals surface area contributed by atoms with Crippen molar-refractivity contribution in [2.24, 2.45) is 0 Å². The molecule has 2 N–H and O–H groups in total. The molecule has 0 aliphatic rings. The maximum atomic E-state index is 5.65. The molecule has 1 heterocycles. The molecule has 0 atom stereocenters. The van der Waals surface area contributed by atoms with E-state index < -0.39 is 0 Å². The van der Waals surface area contributed by atoms with Crippen LogP contribution >= 0.6 is 11.3 Å². The van der Waals surface area contributed by atoms with Crippen LogP contribution < -0.4 is 10.5 Å². The van der Waals surface area contributed by atoms with E-state index in [0.717, 1.165) is 23.7 Å². The molecule has 0 spiro atoms. The summed E-state index contributed by atoms with van der Waals surface area (Å²) in [6.45, 7) is 1.24. The predicted octanol–water partition coefficient (Wildman–Crippen LogP) is 2.49. The van der Waals surface area contributed by atoms with E-state index in [4.69, 9.17) is 15.2 Å². The van der Waals surface area contributed by atoms with Crippen LogP contribution in [-0.2, 0) is 17.8 Å². The van der Waals surface area contributed by atoms with E-state index in [1.165, 1.54) is 16.9 Å². The monoisotopic (exact) mass is 264 g/mol. The molecule has 5 heteroatoms. The highest BCUT2D eigenvalue weighted by atomic mass is 32.1. The van der Waals surface area contributed by atoms with Gasteiger partial charge in [-0.15, -0.1) is 0 Å². The summed E-state index contributed by atoms with van der Waals surface area (Å²) in [5.74, 6) is 0.850. The van der Waals surface area contributed by atoms with Gasteiger partial charge in [0, 0.05) is 13.3 Å². The first-order valence-corrected chi connectivity index (χ1v) is 6.50. The zero-order valence-corrected chi connectivity index (χ0v) is 11.1. The Labute approximate surface area is 110 Å². The van der Waals surface area contributed by atoms with Gasteiger partial charge in [0.2, 0.25) is 0 Å². The van der Waals surface area contributed by atoms with Gasteiger partial charge in [-0.1, -0.05) is 23.5 Å². The Morgan fingerprint density at radius 1 is 1.28 bits per heavy atom. The van der Waals surface area contributed by atoms with Crippen molar-refractivity contribution in [1.82, 2.24) is 4.98 Å². The number of nitrogen functional groups attached to an aromatic ring is 1. The highest BCUT2D eigenvalue weighted by molar-refractivity contribution is 7.15. The molecule has 1 aromatic carbocycles. The molecule has 0 radical (unpaired) electrons. The van der Waals surface area contributed by atoms with Crippen molar-refractivity contribution < 1.29 is 9.47 Å². The summed E-state index contributed by atoms with van der Waals surface area (Å²) < 4.78 is 10.7. The predicted molar refractivity (Wildman–Crippen MR) is 72.9 cm³/mol. The molecule has 96 valence electrons. The molecule has 1 aromatic heterocycles. The molecule has 0 aliphatic heterocycles. The first-order chi connectivity index (χ1) is 8.78. The molecule has 0 saturated carbocycles. The number of ether oxygens (including phenoxy) is 2. The largest absolute Gasteiger partial charge is 0.488 e. The molecular weight excluding hydrogens is 248 g/mol. The SMILES string of the molecule is COCCc1ccc(OCc2cnc(N)s2)cc1. The zero-order chi connectivity index (χ0) is 12.8. The number of thiazole rings is 1. The normalized spacial score (nSPS) is 10.5. The van der Waals surface area contributed by atoms with E-state index in [2.05, 4.69) is 17.1 Å². The summed E-state index contributed by atoms with van der Waals surface area (Å²) in [4.78, 5) is 5.00. The van der Waals surface area contributed by atoms with Gasteiger partial charge < -0.3 is 15.2 Å². The number of hydrogen-bond donors (Lipinski definition) is 1. The fraction of sp³-hybridized carbons (Fsp3) is 0.308. The van der Waals surface area contributed by atoms with Crippen molar-refractivity contribution in [3.8, 4) is 5.75 Å². The zero-order valence-electron chi connectivity index (χ0n) is 10.3. The van der Waals surface area contributed by atoms with Crippen molar-refractivity contribution in [2.45, 2.75) is 13.0 Å². The highest BCUT2D eigenvalue weighted by Gasteiger charge is 2.00. The summed E-state index contributed by atoms with van der Waals surface area (Å²) in [5, 5.41) is 0.573. The number of aromatic nitrogens is 1. The number of methoxy groups -OCH3 is 1. The van der Waals surface area contributed by atoms with E-state index in [9.17, 15) is 0 Å². The first-order valence-electron chi connectivity index (χ1n) is 5.69. The number of rotatable bonds is 6. The van der Waals surface area contributed by atoms with Crippen LogP contribution in [0, 0.1) is 0 Å². The summed E-state index contributed by atoms with van der Waals surface area (Å²) in [5.41, 5.74) is 6.80. The van der Waals surface area contributed by atoms with Crippen LogP contribution in [0.4, 0.5) is 5.13 Å². The molecule has 18 heavy (non-hydrogen) atoms. The van der Waals surface area contributed by atoms with Gasteiger partial charge in [0.15, 0.2) is 5.13 Å². The summed E-state index contributed by atoms with van der Waals surface area (Å²) >= 11 is 1.45. The number of hydrogen-bond acceptors (Lipinski definition) is 5. The molecule has 2 aromatic rings. The minimum Gasteiger partial charge on any atom is -0.488 e. The Kier molecular flexibility index (Phi) is 4.55. The van der Waals surface area contributed by atoms with Gasteiger partial charge in [0.05, 0.1) is 11.5 Å². The van der Waals surface area contributed by atoms with Crippen LogP contribution in [0.5, 0.6) is 5.75 Å². The Hall–Kier alpha value is -1.59. The lowest BCUT2D eigenvalue weighted by molar-refractivity contribution is 0.202. The molecule has 2 rings (SSSR count).